The fraction of sp³-hybridized carbons (Fsp3) is 0.867. The Morgan fingerprint density at radius 2 is 2.00 bits per heavy atom. The highest BCUT2D eigenvalue weighted by Crippen LogP contribution is 2.23. The van der Waals surface area contributed by atoms with Crippen molar-refractivity contribution < 1.29 is 18.0 Å². The van der Waals surface area contributed by atoms with Gasteiger partial charge in [0.15, 0.2) is 9.84 Å². The zero-order valence-electron chi connectivity index (χ0n) is 14.2. The SMILES string of the molecule is CN(C)CCCN1CC(C(=O)N(C)C2CCS(=O)(=O)C2)CC1=O. The van der Waals surface area contributed by atoms with Crippen molar-refractivity contribution in [2.75, 3.05) is 52.3 Å². The van der Waals surface area contributed by atoms with Crippen LogP contribution in [0.1, 0.15) is 19.3 Å². The molecule has 7 nitrogen and oxygen atoms in total. The number of hydrogen-bond acceptors (Lipinski definition) is 5. The van der Waals surface area contributed by atoms with Crippen LogP contribution in [0.15, 0.2) is 0 Å². The molecule has 2 atom stereocenters. The van der Waals surface area contributed by atoms with Crippen molar-refractivity contribution in [1.82, 2.24) is 14.7 Å². The molecule has 2 fully saturated rings. The van der Waals surface area contributed by atoms with E-state index in [1.165, 1.54) is 0 Å². The lowest BCUT2D eigenvalue weighted by Crippen LogP contribution is -2.42. The molecule has 2 saturated heterocycles. The average molecular weight is 345 g/mol. The molecule has 0 aromatic carbocycles. The van der Waals surface area contributed by atoms with Gasteiger partial charge in [0, 0.05) is 32.6 Å². The number of rotatable bonds is 6. The molecule has 23 heavy (non-hydrogen) atoms. The normalized spacial score (nSPS) is 27.0. The Balaban J connectivity index is 1.87. The molecular weight excluding hydrogens is 318 g/mol. The van der Waals surface area contributed by atoms with Gasteiger partial charge in [0.2, 0.25) is 11.8 Å². The number of nitrogens with zero attached hydrogens (tertiary/aromatic N) is 3. The van der Waals surface area contributed by atoms with Crippen LogP contribution in [0.2, 0.25) is 0 Å². The minimum atomic E-state index is -3.02. The molecule has 0 saturated carbocycles. The number of hydrogen-bond donors (Lipinski definition) is 0. The van der Waals surface area contributed by atoms with Crippen molar-refractivity contribution in [3.8, 4) is 0 Å². The molecule has 0 bridgehead atoms. The Bertz CT molecular complexity index is 561. The monoisotopic (exact) mass is 345 g/mol. The summed E-state index contributed by atoms with van der Waals surface area (Å²) in [4.78, 5) is 30.0. The molecule has 8 heteroatoms. The topological polar surface area (TPSA) is 78.0 Å². The van der Waals surface area contributed by atoms with E-state index in [1.54, 1.807) is 16.8 Å². The number of likely N-dealkylation sites (tertiary alicyclic amines) is 1. The summed E-state index contributed by atoms with van der Waals surface area (Å²) in [7, 11) is 2.62. The summed E-state index contributed by atoms with van der Waals surface area (Å²) in [6, 6.07) is -0.245. The minimum absolute atomic E-state index is 0.0227. The highest BCUT2D eigenvalue weighted by Gasteiger charge is 2.39. The summed E-state index contributed by atoms with van der Waals surface area (Å²) in [5.41, 5.74) is 0. The third-order valence-corrected chi connectivity index (χ3v) is 6.45. The summed E-state index contributed by atoms with van der Waals surface area (Å²) in [6.45, 7) is 2.03. The van der Waals surface area contributed by atoms with Crippen molar-refractivity contribution in [1.29, 1.82) is 0 Å². The van der Waals surface area contributed by atoms with E-state index in [0.29, 0.717) is 19.5 Å². The molecule has 2 aliphatic heterocycles. The standard InChI is InChI=1S/C15H27N3O4S/c1-16(2)6-4-7-18-10-12(9-14(18)19)15(20)17(3)13-5-8-23(21,22)11-13/h12-13H,4-11H2,1-3H3. The number of carbonyl (C=O) groups excluding carboxylic acids is 2. The van der Waals surface area contributed by atoms with Gasteiger partial charge in [-0.15, -0.1) is 0 Å². The molecule has 2 unspecified atom stereocenters. The summed E-state index contributed by atoms with van der Waals surface area (Å²) < 4.78 is 23.1. The van der Waals surface area contributed by atoms with Crippen LogP contribution in [0.5, 0.6) is 0 Å². The molecule has 0 radical (unpaired) electrons. The second-order valence-electron chi connectivity index (χ2n) is 6.90. The fourth-order valence-electron chi connectivity index (χ4n) is 3.28. The average Bonchev–Trinajstić information content (AvgIpc) is 3.00. The van der Waals surface area contributed by atoms with Crippen LogP contribution in [0, 0.1) is 5.92 Å². The van der Waals surface area contributed by atoms with Gasteiger partial charge in [-0.2, -0.15) is 0 Å². The summed E-state index contributed by atoms with van der Waals surface area (Å²) >= 11 is 0. The Morgan fingerprint density at radius 3 is 2.57 bits per heavy atom. The number of amides is 2. The van der Waals surface area contributed by atoms with Gasteiger partial charge in [-0.25, -0.2) is 8.42 Å². The highest BCUT2D eigenvalue weighted by atomic mass is 32.2. The van der Waals surface area contributed by atoms with Crippen LogP contribution >= 0.6 is 0 Å². The molecule has 0 aromatic heterocycles. The summed E-state index contributed by atoms with van der Waals surface area (Å²) in [5.74, 6) is -0.224. The van der Waals surface area contributed by atoms with Crippen LogP contribution in [0.4, 0.5) is 0 Å². The maximum absolute atomic E-state index is 12.6. The van der Waals surface area contributed by atoms with Crippen LogP contribution in [-0.2, 0) is 19.4 Å². The number of sulfone groups is 1. The highest BCUT2D eigenvalue weighted by molar-refractivity contribution is 7.91. The molecule has 2 aliphatic rings. The summed E-state index contributed by atoms with van der Waals surface area (Å²) in [5, 5.41) is 0. The molecular formula is C15H27N3O4S. The van der Waals surface area contributed by atoms with Crippen molar-refractivity contribution in [2.24, 2.45) is 5.92 Å². The second-order valence-corrected chi connectivity index (χ2v) is 9.13. The van der Waals surface area contributed by atoms with Crippen LogP contribution in [-0.4, -0.2) is 93.3 Å². The molecule has 0 spiro atoms. The van der Waals surface area contributed by atoms with Crippen LogP contribution < -0.4 is 0 Å². The van der Waals surface area contributed by atoms with Gasteiger partial charge in [-0.1, -0.05) is 0 Å². The van der Waals surface area contributed by atoms with Gasteiger partial charge in [0.1, 0.15) is 0 Å². The van der Waals surface area contributed by atoms with Crippen molar-refractivity contribution >= 4 is 21.7 Å². The van der Waals surface area contributed by atoms with Gasteiger partial charge >= 0.3 is 0 Å². The van der Waals surface area contributed by atoms with E-state index in [2.05, 4.69) is 4.90 Å². The van der Waals surface area contributed by atoms with Crippen molar-refractivity contribution in [3.63, 3.8) is 0 Å². The molecule has 0 aliphatic carbocycles. The molecule has 132 valence electrons. The lowest BCUT2D eigenvalue weighted by Gasteiger charge is -2.26. The molecule has 2 amide bonds. The van der Waals surface area contributed by atoms with Crippen molar-refractivity contribution in [3.05, 3.63) is 0 Å². The molecule has 2 heterocycles. The lowest BCUT2D eigenvalue weighted by molar-refractivity contribution is -0.136. The van der Waals surface area contributed by atoms with Crippen molar-refractivity contribution in [2.45, 2.75) is 25.3 Å². The predicted molar refractivity (Wildman–Crippen MR) is 87.7 cm³/mol. The maximum Gasteiger partial charge on any atom is 0.228 e. The molecule has 0 N–H and O–H groups in total. The van der Waals surface area contributed by atoms with Crippen LogP contribution in [0.25, 0.3) is 0 Å². The first kappa shape index (κ1) is 18.2. The zero-order valence-corrected chi connectivity index (χ0v) is 15.0. The largest absolute Gasteiger partial charge is 0.342 e. The van der Waals surface area contributed by atoms with Gasteiger partial charge < -0.3 is 14.7 Å². The zero-order chi connectivity index (χ0) is 17.2. The minimum Gasteiger partial charge on any atom is -0.342 e. The Hall–Kier alpha value is -1.15. The molecule has 2 rings (SSSR count). The van der Waals surface area contributed by atoms with E-state index in [-0.39, 0.29) is 41.7 Å². The third-order valence-electron chi connectivity index (χ3n) is 4.70. The predicted octanol–water partition coefficient (Wildman–Crippen LogP) is -0.568. The van der Waals surface area contributed by atoms with Gasteiger partial charge in [-0.3, -0.25) is 9.59 Å². The van der Waals surface area contributed by atoms with E-state index < -0.39 is 9.84 Å². The van der Waals surface area contributed by atoms with Gasteiger partial charge in [-0.05, 0) is 33.5 Å². The maximum atomic E-state index is 12.6. The quantitative estimate of drug-likeness (QED) is 0.644. The summed E-state index contributed by atoms with van der Waals surface area (Å²) in [6.07, 6.45) is 1.62. The Morgan fingerprint density at radius 1 is 1.30 bits per heavy atom. The fourth-order valence-corrected chi connectivity index (χ4v) is 5.05. The van der Waals surface area contributed by atoms with E-state index in [4.69, 9.17) is 0 Å². The van der Waals surface area contributed by atoms with E-state index >= 15 is 0 Å². The first-order chi connectivity index (χ1) is 10.7. The third kappa shape index (κ3) is 4.67. The number of carbonyl (C=O) groups is 2. The first-order valence-electron chi connectivity index (χ1n) is 8.09. The Kier molecular flexibility index (Phi) is 5.67. The molecule has 0 aromatic rings. The van der Waals surface area contributed by atoms with E-state index in [0.717, 1.165) is 13.0 Å². The van der Waals surface area contributed by atoms with E-state index in [9.17, 15) is 18.0 Å². The van der Waals surface area contributed by atoms with E-state index in [1.807, 2.05) is 14.1 Å². The smallest absolute Gasteiger partial charge is 0.228 e. The second kappa shape index (κ2) is 7.17. The first-order valence-corrected chi connectivity index (χ1v) is 9.91. The van der Waals surface area contributed by atoms with Gasteiger partial charge in [0.05, 0.1) is 17.4 Å². The van der Waals surface area contributed by atoms with Crippen LogP contribution in [0.3, 0.4) is 0 Å². The lowest BCUT2D eigenvalue weighted by atomic mass is 10.1. The van der Waals surface area contributed by atoms with Gasteiger partial charge in [0.25, 0.3) is 0 Å². The Labute approximate surface area is 138 Å².